The zero-order valence-electron chi connectivity index (χ0n) is 14.1. The molecule has 26 heavy (non-hydrogen) atoms. The number of likely N-dealkylation sites (N-methyl/N-ethyl adjacent to an activating group) is 1. The third-order valence-electron chi connectivity index (χ3n) is 4.38. The number of anilines is 2. The topological polar surface area (TPSA) is 49.9 Å². The molecule has 0 aromatic heterocycles. The quantitative estimate of drug-likeness (QED) is 0.588. The van der Waals surface area contributed by atoms with Crippen LogP contribution in [-0.2, 0) is 9.59 Å². The van der Waals surface area contributed by atoms with Crippen LogP contribution in [0, 0.1) is 0 Å². The van der Waals surface area contributed by atoms with E-state index in [1.165, 1.54) is 4.90 Å². The Bertz CT molecular complexity index is 1000. The molecule has 0 radical (unpaired) electrons. The molecule has 0 spiro atoms. The Kier molecular flexibility index (Phi) is 4.05. The van der Waals surface area contributed by atoms with Crippen molar-refractivity contribution in [2.75, 3.05) is 24.0 Å². The van der Waals surface area contributed by atoms with E-state index in [1.54, 1.807) is 31.2 Å². The lowest BCUT2D eigenvalue weighted by Crippen LogP contribution is -2.28. The van der Waals surface area contributed by atoms with Gasteiger partial charge in [-0.3, -0.25) is 14.5 Å². The van der Waals surface area contributed by atoms with E-state index in [1.807, 2.05) is 36.4 Å². The van der Waals surface area contributed by atoms with Gasteiger partial charge in [-0.1, -0.05) is 54.3 Å². The highest BCUT2D eigenvalue weighted by molar-refractivity contribution is 8.27. The molecule has 2 heterocycles. The molecule has 0 bridgehead atoms. The average molecular weight is 382 g/mol. The number of fused-ring (bicyclic) bond motifs is 1. The van der Waals surface area contributed by atoms with Crippen LogP contribution in [0.4, 0.5) is 11.4 Å². The summed E-state index contributed by atoms with van der Waals surface area (Å²) in [4.78, 5) is 29.3. The van der Waals surface area contributed by atoms with Crippen molar-refractivity contribution in [1.82, 2.24) is 0 Å². The summed E-state index contributed by atoms with van der Waals surface area (Å²) in [5, 5.41) is 0. The van der Waals surface area contributed by atoms with E-state index in [0.29, 0.717) is 26.2 Å². The number of thiocarbonyl (C=S) groups is 1. The van der Waals surface area contributed by atoms with Crippen molar-refractivity contribution < 1.29 is 14.3 Å². The van der Waals surface area contributed by atoms with E-state index in [9.17, 15) is 9.59 Å². The molecule has 2 aromatic carbocycles. The second kappa shape index (κ2) is 6.26. The third kappa shape index (κ3) is 2.35. The number of methoxy groups -OCH3 is 1. The smallest absolute Gasteiger partial charge is 0.271 e. The van der Waals surface area contributed by atoms with Crippen LogP contribution in [-0.4, -0.2) is 30.3 Å². The Labute approximate surface area is 160 Å². The molecule has 2 aliphatic heterocycles. The summed E-state index contributed by atoms with van der Waals surface area (Å²) in [7, 11) is 3.25. The lowest BCUT2D eigenvalue weighted by Gasteiger charge is -2.17. The Balaban J connectivity index is 1.86. The summed E-state index contributed by atoms with van der Waals surface area (Å²) in [6.45, 7) is 0. The normalized spacial score (nSPS) is 19.4. The molecule has 2 aliphatic rings. The van der Waals surface area contributed by atoms with Gasteiger partial charge in [0.25, 0.3) is 11.8 Å². The summed E-state index contributed by atoms with van der Waals surface area (Å²) in [6, 6.07) is 14.6. The van der Waals surface area contributed by atoms with Crippen LogP contribution in [0.3, 0.4) is 0 Å². The first kappa shape index (κ1) is 16.8. The zero-order valence-corrected chi connectivity index (χ0v) is 15.7. The van der Waals surface area contributed by atoms with Gasteiger partial charge in [-0.25, -0.2) is 0 Å². The number of benzene rings is 2. The Morgan fingerprint density at radius 3 is 2.35 bits per heavy atom. The molecule has 130 valence electrons. The third-order valence-corrected chi connectivity index (χ3v) is 5.75. The molecule has 1 fully saturated rings. The fraction of sp³-hybridized carbons (Fsp3) is 0.105. The number of nitrogens with zero attached hydrogens (tertiary/aromatic N) is 2. The monoisotopic (exact) mass is 382 g/mol. The number of rotatable bonds is 2. The maximum absolute atomic E-state index is 13.2. The molecule has 0 N–H and O–H groups in total. The predicted molar refractivity (Wildman–Crippen MR) is 107 cm³/mol. The molecule has 5 nitrogen and oxygen atoms in total. The number of amides is 2. The lowest BCUT2D eigenvalue weighted by atomic mass is 10.1. The van der Waals surface area contributed by atoms with E-state index >= 15 is 0 Å². The fourth-order valence-corrected chi connectivity index (χ4v) is 4.49. The van der Waals surface area contributed by atoms with E-state index < -0.39 is 0 Å². The van der Waals surface area contributed by atoms with Crippen LogP contribution in [0.15, 0.2) is 53.4 Å². The minimum absolute atomic E-state index is 0.202. The molecule has 1 saturated heterocycles. The first-order chi connectivity index (χ1) is 12.5. The highest BCUT2D eigenvalue weighted by atomic mass is 32.2. The minimum atomic E-state index is -0.307. The van der Waals surface area contributed by atoms with Crippen LogP contribution < -0.4 is 14.5 Å². The minimum Gasteiger partial charge on any atom is -0.495 e. The molecule has 2 aromatic rings. The number of carbonyl (C=O) groups excluding carboxylic acids is 2. The number of thioether (sulfide) groups is 1. The number of carbonyl (C=O) groups is 2. The van der Waals surface area contributed by atoms with Gasteiger partial charge in [0.2, 0.25) is 0 Å². The van der Waals surface area contributed by atoms with Gasteiger partial charge in [0.1, 0.15) is 5.75 Å². The van der Waals surface area contributed by atoms with Gasteiger partial charge in [0.15, 0.2) is 4.32 Å². The van der Waals surface area contributed by atoms with Crippen molar-refractivity contribution in [3.05, 3.63) is 59.0 Å². The lowest BCUT2D eigenvalue weighted by molar-refractivity contribution is -0.115. The average Bonchev–Trinajstić information content (AvgIpc) is 3.08. The van der Waals surface area contributed by atoms with Gasteiger partial charge in [-0.15, -0.1) is 0 Å². The molecular weight excluding hydrogens is 368 g/mol. The summed E-state index contributed by atoms with van der Waals surface area (Å²) in [5.74, 6) is 0.0370. The largest absolute Gasteiger partial charge is 0.495 e. The van der Waals surface area contributed by atoms with Gasteiger partial charge in [-0.05, 0) is 18.2 Å². The molecule has 2 amide bonds. The Morgan fingerprint density at radius 2 is 1.62 bits per heavy atom. The SMILES string of the molecule is COc1ccccc1N1C(=O)/C(=C2\C(=O)N(C)c3ccccc32)SC1=S. The first-order valence-corrected chi connectivity index (χ1v) is 9.08. The van der Waals surface area contributed by atoms with Crippen LogP contribution in [0.5, 0.6) is 5.75 Å². The van der Waals surface area contributed by atoms with E-state index in [-0.39, 0.29) is 11.8 Å². The van der Waals surface area contributed by atoms with Crippen LogP contribution in [0.1, 0.15) is 5.56 Å². The van der Waals surface area contributed by atoms with Gasteiger partial charge in [0.05, 0.1) is 29.0 Å². The fourth-order valence-electron chi connectivity index (χ4n) is 3.13. The highest BCUT2D eigenvalue weighted by Crippen LogP contribution is 2.46. The molecule has 0 unspecified atom stereocenters. The zero-order chi connectivity index (χ0) is 18.4. The molecule has 0 aliphatic carbocycles. The van der Waals surface area contributed by atoms with Crippen molar-refractivity contribution in [1.29, 1.82) is 0 Å². The van der Waals surface area contributed by atoms with Gasteiger partial charge < -0.3 is 9.64 Å². The van der Waals surface area contributed by atoms with Gasteiger partial charge in [0, 0.05) is 12.6 Å². The van der Waals surface area contributed by atoms with Crippen molar-refractivity contribution in [2.45, 2.75) is 0 Å². The number of hydrogen-bond donors (Lipinski definition) is 0. The maximum Gasteiger partial charge on any atom is 0.271 e. The summed E-state index contributed by atoms with van der Waals surface area (Å²) in [5.41, 5.74) is 2.51. The Hall–Kier alpha value is -2.64. The summed E-state index contributed by atoms with van der Waals surface area (Å²) < 4.78 is 5.73. The number of hydrogen-bond acceptors (Lipinski definition) is 5. The number of para-hydroxylation sites is 3. The second-order valence-corrected chi connectivity index (χ2v) is 7.41. The molecule has 4 rings (SSSR count). The van der Waals surface area contributed by atoms with Crippen LogP contribution in [0.2, 0.25) is 0 Å². The van der Waals surface area contributed by atoms with Crippen LogP contribution in [0.25, 0.3) is 5.57 Å². The summed E-state index contributed by atoms with van der Waals surface area (Å²) in [6.07, 6.45) is 0. The van der Waals surface area contributed by atoms with Crippen molar-refractivity contribution >= 4 is 57.1 Å². The Morgan fingerprint density at radius 1 is 0.962 bits per heavy atom. The van der Waals surface area contributed by atoms with E-state index in [4.69, 9.17) is 17.0 Å². The second-order valence-electron chi connectivity index (χ2n) is 5.77. The summed E-state index contributed by atoms with van der Waals surface area (Å²) >= 11 is 6.59. The van der Waals surface area contributed by atoms with Gasteiger partial charge in [-0.2, -0.15) is 0 Å². The van der Waals surface area contributed by atoms with E-state index in [0.717, 1.165) is 23.0 Å². The standard InChI is InChI=1S/C19H14N2O3S2/c1-20-12-8-4-3-7-11(12)15(17(20)22)16-18(23)21(19(25)26-16)13-9-5-6-10-14(13)24-2/h3-10H,1-2H3/b16-15+. The highest BCUT2D eigenvalue weighted by Gasteiger charge is 2.42. The number of ether oxygens (including phenoxy) is 1. The van der Waals surface area contributed by atoms with Gasteiger partial charge >= 0.3 is 0 Å². The first-order valence-electron chi connectivity index (χ1n) is 7.85. The molecular formula is C19H14N2O3S2. The van der Waals surface area contributed by atoms with Crippen molar-refractivity contribution in [3.8, 4) is 5.75 Å². The molecule has 7 heteroatoms. The van der Waals surface area contributed by atoms with E-state index in [2.05, 4.69) is 0 Å². The predicted octanol–water partition coefficient (Wildman–Crippen LogP) is 3.45. The molecule has 0 saturated carbocycles. The maximum atomic E-state index is 13.2. The van der Waals surface area contributed by atoms with Crippen LogP contribution >= 0.6 is 24.0 Å². The van der Waals surface area contributed by atoms with Crippen molar-refractivity contribution in [2.24, 2.45) is 0 Å². The molecule has 0 atom stereocenters. The van der Waals surface area contributed by atoms with Crippen molar-refractivity contribution in [3.63, 3.8) is 0 Å².